The van der Waals surface area contributed by atoms with Crippen molar-refractivity contribution in [3.63, 3.8) is 0 Å². The standard InChI is InChI=1S/C17H19NO.C14H16O4/c1-3-4-13-5-7-14(8-6-13)15-9-10-17(19-2)16(11-15)12-18;1-2-14(16)18-10-4-3-9-17-13-7-5-12(11-15)6-8-13/h5-12,18H,3-4H2,1-2H3;2,5-8,11H,1,3-4,9-10H2. The van der Waals surface area contributed by atoms with Gasteiger partial charge in [0.2, 0.25) is 0 Å². The van der Waals surface area contributed by atoms with Gasteiger partial charge < -0.3 is 19.6 Å². The van der Waals surface area contributed by atoms with E-state index >= 15 is 0 Å². The molecule has 0 unspecified atom stereocenters. The maximum Gasteiger partial charge on any atom is 0.330 e. The first-order chi connectivity index (χ1) is 18.0. The number of carbonyl (C=O) groups is 2. The highest BCUT2D eigenvalue weighted by molar-refractivity contribution is 5.84. The molecule has 0 aromatic heterocycles. The Balaban J connectivity index is 0.000000261. The van der Waals surface area contributed by atoms with Gasteiger partial charge in [0.15, 0.2) is 0 Å². The predicted molar refractivity (Wildman–Crippen MR) is 148 cm³/mol. The number of aryl methyl sites for hydroxylation is 1. The third-order valence-corrected chi connectivity index (χ3v) is 5.45. The van der Waals surface area contributed by atoms with Crippen LogP contribution in [-0.4, -0.2) is 38.8 Å². The van der Waals surface area contributed by atoms with Gasteiger partial charge in [0.05, 0.1) is 20.3 Å². The molecular formula is C31H35NO5. The first-order valence-corrected chi connectivity index (χ1v) is 12.3. The molecule has 0 aliphatic heterocycles. The number of hydrogen-bond acceptors (Lipinski definition) is 6. The van der Waals surface area contributed by atoms with E-state index in [2.05, 4.69) is 37.8 Å². The molecule has 0 fully saturated rings. The molecule has 3 rings (SSSR count). The molecule has 1 N–H and O–H groups in total. The summed E-state index contributed by atoms with van der Waals surface area (Å²) in [6.45, 7) is 6.41. The van der Waals surface area contributed by atoms with E-state index in [1.54, 1.807) is 31.4 Å². The van der Waals surface area contributed by atoms with Crippen LogP contribution >= 0.6 is 0 Å². The molecule has 0 aliphatic rings. The first kappa shape index (κ1) is 29.0. The van der Waals surface area contributed by atoms with E-state index in [-0.39, 0.29) is 0 Å². The average molecular weight is 502 g/mol. The van der Waals surface area contributed by atoms with Crippen LogP contribution in [0.2, 0.25) is 0 Å². The van der Waals surface area contributed by atoms with Gasteiger partial charge in [-0.25, -0.2) is 4.79 Å². The second-order valence-corrected chi connectivity index (χ2v) is 8.16. The number of methoxy groups -OCH3 is 1. The highest BCUT2D eigenvalue weighted by Crippen LogP contribution is 2.26. The first-order valence-electron chi connectivity index (χ1n) is 12.3. The van der Waals surface area contributed by atoms with Crippen molar-refractivity contribution in [2.24, 2.45) is 0 Å². The number of esters is 1. The van der Waals surface area contributed by atoms with Crippen LogP contribution in [-0.2, 0) is 16.0 Å². The summed E-state index contributed by atoms with van der Waals surface area (Å²) in [4.78, 5) is 21.2. The summed E-state index contributed by atoms with van der Waals surface area (Å²) < 4.78 is 15.5. The second kappa shape index (κ2) is 16.5. The van der Waals surface area contributed by atoms with E-state index in [0.29, 0.717) is 18.8 Å². The molecule has 0 amide bonds. The molecule has 0 atom stereocenters. The molecule has 0 heterocycles. The number of benzene rings is 3. The topological polar surface area (TPSA) is 85.7 Å². The lowest BCUT2D eigenvalue weighted by Crippen LogP contribution is -2.04. The van der Waals surface area contributed by atoms with Gasteiger partial charge in [0.25, 0.3) is 0 Å². The van der Waals surface area contributed by atoms with Gasteiger partial charge in [-0.2, -0.15) is 0 Å². The van der Waals surface area contributed by atoms with Gasteiger partial charge >= 0.3 is 5.97 Å². The maximum atomic E-state index is 10.7. The van der Waals surface area contributed by atoms with Crippen LogP contribution in [0.5, 0.6) is 11.5 Å². The number of aldehydes is 1. The van der Waals surface area contributed by atoms with Crippen LogP contribution in [0, 0.1) is 5.41 Å². The molecule has 0 saturated heterocycles. The summed E-state index contributed by atoms with van der Waals surface area (Å²) in [5.41, 5.74) is 5.08. The monoisotopic (exact) mass is 501 g/mol. The average Bonchev–Trinajstić information content (AvgIpc) is 2.95. The van der Waals surface area contributed by atoms with Crippen LogP contribution in [0.25, 0.3) is 11.1 Å². The van der Waals surface area contributed by atoms with Crippen LogP contribution in [0.1, 0.15) is 47.7 Å². The van der Waals surface area contributed by atoms with Crippen LogP contribution < -0.4 is 9.47 Å². The van der Waals surface area contributed by atoms with Crippen molar-refractivity contribution >= 4 is 18.5 Å². The van der Waals surface area contributed by atoms with E-state index < -0.39 is 5.97 Å². The largest absolute Gasteiger partial charge is 0.496 e. The molecule has 0 saturated carbocycles. The Bertz CT molecular complexity index is 1140. The van der Waals surface area contributed by atoms with Crippen molar-refractivity contribution in [1.29, 1.82) is 5.41 Å². The lowest BCUT2D eigenvalue weighted by atomic mass is 10.0. The molecule has 194 valence electrons. The summed E-state index contributed by atoms with van der Waals surface area (Å²) in [6.07, 6.45) is 7.08. The highest BCUT2D eigenvalue weighted by Gasteiger charge is 2.04. The van der Waals surface area contributed by atoms with E-state index in [1.807, 2.05) is 18.2 Å². The van der Waals surface area contributed by atoms with Crippen LogP contribution in [0.15, 0.2) is 79.4 Å². The zero-order valence-corrected chi connectivity index (χ0v) is 21.6. The molecule has 6 heteroatoms. The number of hydrogen-bond donors (Lipinski definition) is 1. The van der Waals surface area contributed by atoms with E-state index in [0.717, 1.165) is 54.3 Å². The fraction of sp³-hybridized carbons (Fsp3) is 0.258. The van der Waals surface area contributed by atoms with Gasteiger partial charge in [-0.1, -0.05) is 50.3 Å². The normalized spacial score (nSPS) is 9.89. The molecule has 0 spiro atoms. The molecule has 0 aliphatic carbocycles. The van der Waals surface area contributed by atoms with Gasteiger partial charge in [-0.05, 0) is 72.4 Å². The Hall–Kier alpha value is -4.19. The van der Waals surface area contributed by atoms with Crippen molar-refractivity contribution < 1.29 is 23.8 Å². The fourth-order valence-corrected chi connectivity index (χ4v) is 3.45. The summed E-state index contributed by atoms with van der Waals surface area (Å²) in [6, 6.07) is 21.5. The van der Waals surface area contributed by atoms with Gasteiger partial charge in [0, 0.05) is 23.4 Å². The van der Waals surface area contributed by atoms with Gasteiger partial charge in [0.1, 0.15) is 17.8 Å². The summed E-state index contributed by atoms with van der Waals surface area (Å²) >= 11 is 0. The van der Waals surface area contributed by atoms with Gasteiger partial charge in [-0.3, -0.25) is 4.79 Å². The maximum absolute atomic E-state index is 10.7. The summed E-state index contributed by atoms with van der Waals surface area (Å²) in [5.74, 6) is 1.06. The fourth-order valence-electron chi connectivity index (χ4n) is 3.45. The molecule has 0 bridgehead atoms. The Morgan fingerprint density at radius 3 is 2.22 bits per heavy atom. The zero-order chi connectivity index (χ0) is 26.9. The Labute approximate surface area is 219 Å². The number of nitrogens with one attached hydrogen (secondary N) is 1. The molecular weight excluding hydrogens is 466 g/mol. The SMILES string of the molecule is C=CC(=O)OCCCCOc1ccc(C=O)cc1.CCCc1ccc(-c2ccc(OC)c(C=N)c2)cc1. The number of rotatable bonds is 13. The Morgan fingerprint density at radius 2 is 1.62 bits per heavy atom. The van der Waals surface area contributed by atoms with E-state index in [4.69, 9.17) is 19.6 Å². The third kappa shape index (κ3) is 10.1. The van der Waals surface area contributed by atoms with E-state index in [1.165, 1.54) is 23.8 Å². The van der Waals surface area contributed by atoms with Crippen molar-refractivity contribution in [2.45, 2.75) is 32.6 Å². The quantitative estimate of drug-likeness (QED) is 0.0926. The second-order valence-electron chi connectivity index (χ2n) is 8.16. The zero-order valence-electron chi connectivity index (χ0n) is 21.6. The van der Waals surface area contributed by atoms with Crippen molar-refractivity contribution in [2.75, 3.05) is 20.3 Å². The summed E-state index contributed by atoms with van der Waals surface area (Å²) in [5, 5.41) is 7.43. The minimum atomic E-state index is -0.402. The lowest BCUT2D eigenvalue weighted by Gasteiger charge is -2.08. The minimum absolute atomic E-state index is 0.373. The molecule has 3 aromatic rings. The highest BCUT2D eigenvalue weighted by atomic mass is 16.5. The van der Waals surface area contributed by atoms with Crippen molar-refractivity contribution in [3.05, 3.63) is 96.1 Å². The van der Waals surface area contributed by atoms with E-state index in [9.17, 15) is 9.59 Å². The van der Waals surface area contributed by atoms with Crippen molar-refractivity contribution in [3.8, 4) is 22.6 Å². The van der Waals surface area contributed by atoms with Gasteiger partial charge in [-0.15, -0.1) is 0 Å². The minimum Gasteiger partial charge on any atom is -0.496 e. The van der Waals surface area contributed by atoms with Crippen molar-refractivity contribution in [1.82, 2.24) is 0 Å². The number of carbonyl (C=O) groups excluding carboxylic acids is 2. The lowest BCUT2D eigenvalue weighted by molar-refractivity contribution is -0.137. The Kier molecular flexibility index (Phi) is 12.9. The Morgan fingerprint density at radius 1 is 0.946 bits per heavy atom. The van der Waals surface area contributed by atoms with Crippen LogP contribution in [0.4, 0.5) is 0 Å². The molecule has 3 aromatic carbocycles. The number of unbranched alkanes of at least 4 members (excludes halogenated alkanes) is 1. The molecule has 0 radical (unpaired) electrons. The van der Waals surface area contributed by atoms with Crippen LogP contribution in [0.3, 0.4) is 0 Å². The smallest absolute Gasteiger partial charge is 0.330 e. The summed E-state index contributed by atoms with van der Waals surface area (Å²) in [7, 11) is 1.63. The number of ether oxygens (including phenoxy) is 3. The molecule has 37 heavy (non-hydrogen) atoms. The molecule has 6 nitrogen and oxygen atoms in total. The predicted octanol–water partition coefficient (Wildman–Crippen LogP) is 6.70. The third-order valence-electron chi connectivity index (χ3n) is 5.45.